The van der Waals surface area contributed by atoms with Crippen molar-refractivity contribution < 1.29 is 17.9 Å². The zero-order valence-corrected chi connectivity index (χ0v) is 20.4. The maximum absolute atomic E-state index is 13.5. The summed E-state index contributed by atoms with van der Waals surface area (Å²) in [7, 11) is -3.57. The van der Waals surface area contributed by atoms with Crippen LogP contribution in [0, 0.1) is 0 Å². The normalized spacial score (nSPS) is 22.1. The fourth-order valence-corrected chi connectivity index (χ4v) is 6.64. The van der Waals surface area contributed by atoms with Crippen molar-refractivity contribution >= 4 is 22.0 Å². The molecule has 0 bridgehead atoms. The maximum Gasteiger partial charge on any atom is 0.274 e. The van der Waals surface area contributed by atoms with Crippen LogP contribution >= 0.6 is 0 Å². The highest BCUT2D eigenvalue weighted by atomic mass is 32.2. The Balaban J connectivity index is 1.49. The number of hydrogen-bond donors (Lipinski definition) is 1. The van der Waals surface area contributed by atoms with Gasteiger partial charge in [-0.05, 0) is 24.8 Å². The fraction of sp³-hybridized carbons (Fsp3) is 0.458. The molecule has 3 aliphatic heterocycles. The number of aliphatic imine (C=N–C) groups is 1. The van der Waals surface area contributed by atoms with E-state index < -0.39 is 9.84 Å². The van der Waals surface area contributed by atoms with Gasteiger partial charge in [0.2, 0.25) is 0 Å². The molecule has 5 rings (SSSR count). The molecule has 3 aliphatic rings. The second kappa shape index (κ2) is 9.92. The summed E-state index contributed by atoms with van der Waals surface area (Å²) in [5.74, 6) is -0.445. The van der Waals surface area contributed by atoms with Gasteiger partial charge in [0.15, 0.2) is 15.5 Å². The molecule has 1 atom stereocenters. The molecule has 2 aromatic rings. The Hall–Kier alpha value is -3.02. The van der Waals surface area contributed by atoms with Crippen LogP contribution in [0.3, 0.4) is 0 Å². The summed E-state index contributed by atoms with van der Waals surface area (Å²) in [6.45, 7) is 5.00. The number of allylic oxidation sites excluding steroid dienone is 1. The Bertz CT molecular complexity index is 1260. The topological polar surface area (TPSA) is 123 Å². The summed E-state index contributed by atoms with van der Waals surface area (Å²) in [6.07, 6.45) is 5.70. The van der Waals surface area contributed by atoms with Crippen molar-refractivity contribution in [1.29, 1.82) is 0 Å². The van der Waals surface area contributed by atoms with E-state index in [2.05, 4.69) is 9.89 Å². The van der Waals surface area contributed by atoms with E-state index in [1.807, 2.05) is 16.8 Å². The highest BCUT2D eigenvalue weighted by molar-refractivity contribution is 7.90. The number of nitrogens with zero attached hydrogens (tertiary/aromatic N) is 5. The number of ether oxygens (including phenoxy) is 1. The van der Waals surface area contributed by atoms with Gasteiger partial charge in [0.25, 0.3) is 5.91 Å². The standard InChI is InChI=1S/C24H30N6O4S/c25-7-3-8-26-9-11-28-10-6-18(16-28)30-23-19-4-1-2-5-21(19)35(32,33)17-20(23)22(27-30)24(31)29-12-14-34-15-13-29/h1-5,7-8,18H,6,9-17,25H2. The molecule has 1 unspecified atom stereocenters. The summed E-state index contributed by atoms with van der Waals surface area (Å²) in [5, 5.41) is 4.81. The molecule has 0 aliphatic carbocycles. The molecule has 0 saturated carbocycles. The molecule has 1 amide bonds. The largest absolute Gasteiger partial charge is 0.405 e. The molecule has 11 heteroatoms. The molecule has 186 valence electrons. The summed E-state index contributed by atoms with van der Waals surface area (Å²) in [4.78, 5) is 22.1. The number of nitrogens with two attached hydrogens (primary N) is 1. The third-order valence-electron chi connectivity index (χ3n) is 6.76. The van der Waals surface area contributed by atoms with Gasteiger partial charge in [-0.2, -0.15) is 5.10 Å². The number of sulfone groups is 1. The number of fused-ring (bicyclic) bond motifs is 3. The summed E-state index contributed by atoms with van der Waals surface area (Å²) in [5.41, 5.74) is 7.47. The van der Waals surface area contributed by atoms with Gasteiger partial charge in [-0.3, -0.25) is 19.4 Å². The SMILES string of the molecule is NC=CC=NCCN1CCC(n2nc(C(=O)N3CCOCC3)c3c2-c2ccccc2S(=O)(=O)C3)C1. The van der Waals surface area contributed by atoms with Crippen molar-refractivity contribution in [1.82, 2.24) is 19.6 Å². The van der Waals surface area contributed by atoms with Gasteiger partial charge in [0.05, 0.1) is 42.1 Å². The van der Waals surface area contributed by atoms with Gasteiger partial charge >= 0.3 is 0 Å². The number of likely N-dealkylation sites (tertiary alicyclic amines) is 1. The van der Waals surface area contributed by atoms with Gasteiger partial charge in [-0.25, -0.2) is 8.42 Å². The van der Waals surface area contributed by atoms with E-state index in [0.29, 0.717) is 48.9 Å². The number of rotatable bonds is 6. The van der Waals surface area contributed by atoms with Crippen LogP contribution in [0.25, 0.3) is 11.3 Å². The summed E-state index contributed by atoms with van der Waals surface area (Å²) < 4.78 is 33.6. The number of hydrogen-bond acceptors (Lipinski definition) is 8. The van der Waals surface area contributed by atoms with Gasteiger partial charge in [-0.15, -0.1) is 0 Å². The number of amides is 1. The van der Waals surface area contributed by atoms with Crippen LogP contribution in [-0.4, -0.2) is 92.6 Å². The Labute approximate surface area is 205 Å². The van der Waals surface area contributed by atoms with Crippen LogP contribution in [0.1, 0.15) is 28.5 Å². The average molecular weight is 499 g/mol. The molecule has 0 spiro atoms. The Morgan fingerprint density at radius 1 is 1.23 bits per heavy atom. The van der Waals surface area contributed by atoms with Crippen LogP contribution in [0.5, 0.6) is 0 Å². The van der Waals surface area contributed by atoms with Crippen LogP contribution in [0.2, 0.25) is 0 Å². The van der Waals surface area contributed by atoms with E-state index in [0.717, 1.165) is 31.7 Å². The third-order valence-corrected chi connectivity index (χ3v) is 8.46. The van der Waals surface area contributed by atoms with Crippen LogP contribution < -0.4 is 5.73 Å². The van der Waals surface area contributed by atoms with Crippen molar-refractivity contribution in [2.45, 2.75) is 23.1 Å². The molecule has 35 heavy (non-hydrogen) atoms. The number of aromatic nitrogens is 2. The van der Waals surface area contributed by atoms with E-state index in [4.69, 9.17) is 15.6 Å². The molecule has 10 nitrogen and oxygen atoms in total. The minimum Gasteiger partial charge on any atom is -0.405 e. The molecular formula is C24H30N6O4S. The molecule has 2 fully saturated rings. The van der Waals surface area contributed by atoms with E-state index in [9.17, 15) is 13.2 Å². The van der Waals surface area contributed by atoms with Crippen LogP contribution in [0.15, 0.2) is 46.4 Å². The number of carbonyl (C=O) groups excluding carboxylic acids is 1. The Kier molecular flexibility index (Phi) is 6.72. The van der Waals surface area contributed by atoms with Gasteiger partial charge in [0, 0.05) is 50.1 Å². The lowest BCUT2D eigenvalue weighted by Crippen LogP contribution is -2.41. The Morgan fingerprint density at radius 3 is 2.83 bits per heavy atom. The third kappa shape index (κ3) is 4.63. The second-order valence-electron chi connectivity index (χ2n) is 8.96. The number of morpholine rings is 1. The fourth-order valence-electron chi connectivity index (χ4n) is 5.04. The predicted octanol–water partition coefficient (Wildman–Crippen LogP) is 1.10. The zero-order chi connectivity index (χ0) is 24.4. The van der Waals surface area contributed by atoms with Crippen LogP contribution in [0.4, 0.5) is 0 Å². The minimum absolute atomic E-state index is 0.0387. The number of carbonyl (C=O) groups is 1. The van der Waals surface area contributed by atoms with Crippen molar-refractivity contribution in [2.24, 2.45) is 10.7 Å². The minimum atomic E-state index is -3.57. The molecule has 1 aromatic carbocycles. The lowest BCUT2D eigenvalue weighted by molar-refractivity contribution is 0.0297. The maximum atomic E-state index is 13.5. The van der Waals surface area contributed by atoms with E-state index in [1.54, 1.807) is 29.3 Å². The molecule has 2 N–H and O–H groups in total. The molecular weight excluding hydrogens is 468 g/mol. The average Bonchev–Trinajstić information content (AvgIpc) is 3.48. The quantitative estimate of drug-likeness (QED) is 0.592. The van der Waals surface area contributed by atoms with E-state index >= 15 is 0 Å². The highest BCUT2D eigenvalue weighted by Gasteiger charge is 2.39. The van der Waals surface area contributed by atoms with Gasteiger partial charge < -0.3 is 15.4 Å². The van der Waals surface area contributed by atoms with Gasteiger partial charge in [-0.1, -0.05) is 18.2 Å². The zero-order valence-electron chi connectivity index (χ0n) is 19.5. The van der Waals surface area contributed by atoms with E-state index in [-0.39, 0.29) is 23.4 Å². The monoisotopic (exact) mass is 498 g/mol. The molecule has 1 aromatic heterocycles. The number of benzene rings is 1. The second-order valence-corrected chi connectivity index (χ2v) is 10.9. The smallest absolute Gasteiger partial charge is 0.274 e. The molecule has 4 heterocycles. The Morgan fingerprint density at radius 2 is 2.03 bits per heavy atom. The summed E-state index contributed by atoms with van der Waals surface area (Å²) in [6, 6.07) is 7.07. The lowest BCUT2D eigenvalue weighted by Gasteiger charge is -2.26. The van der Waals surface area contributed by atoms with Crippen molar-refractivity contribution in [3.05, 3.63) is 47.8 Å². The lowest BCUT2D eigenvalue weighted by atomic mass is 10.0. The van der Waals surface area contributed by atoms with E-state index in [1.165, 1.54) is 6.20 Å². The van der Waals surface area contributed by atoms with Gasteiger partial charge in [0.1, 0.15) is 0 Å². The first-order valence-corrected chi connectivity index (χ1v) is 13.5. The first kappa shape index (κ1) is 23.7. The first-order valence-electron chi connectivity index (χ1n) is 11.9. The van der Waals surface area contributed by atoms with Crippen molar-refractivity contribution in [3.8, 4) is 11.3 Å². The predicted molar refractivity (Wildman–Crippen MR) is 132 cm³/mol. The van der Waals surface area contributed by atoms with Crippen molar-refractivity contribution in [2.75, 3.05) is 52.5 Å². The van der Waals surface area contributed by atoms with Crippen LogP contribution in [-0.2, 0) is 20.3 Å². The van der Waals surface area contributed by atoms with Crippen molar-refractivity contribution in [3.63, 3.8) is 0 Å². The molecule has 2 saturated heterocycles. The molecule has 0 radical (unpaired) electrons. The summed E-state index contributed by atoms with van der Waals surface area (Å²) >= 11 is 0. The first-order chi connectivity index (χ1) is 17.0. The highest BCUT2D eigenvalue weighted by Crippen LogP contribution is 2.41.